The molecule has 0 bridgehead atoms. The molecule has 0 atom stereocenters. The zero-order valence-electron chi connectivity index (χ0n) is 15.6. The molecule has 0 radical (unpaired) electrons. The summed E-state index contributed by atoms with van der Waals surface area (Å²) in [6.45, 7) is 0. The van der Waals surface area contributed by atoms with Gasteiger partial charge >= 0.3 is 7.12 Å². The number of fused-ring (bicyclic) bond motifs is 5. The van der Waals surface area contributed by atoms with Crippen LogP contribution in [0.5, 0.6) is 5.75 Å². The van der Waals surface area contributed by atoms with Crippen LogP contribution in [0.3, 0.4) is 0 Å². The number of aryl methyl sites for hydroxylation is 1. The predicted octanol–water partition coefficient (Wildman–Crippen LogP) is 2.35. The molecular formula is C21H20BN3O3. The molecule has 2 aromatic heterocycles. The molecule has 0 spiro atoms. The lowest BCUT2D eigenvalue weighted by Gasteiger charge is -2.22. The smallest absolute Gasteiger partial charge is 0.492 e. The number of pyridine rings is 1. The van der Waals surface area contributed by atoms with E-state index in [-0.39, 0.29) is 0 Å². The summed E-state index contributed by atoms with van der Waals surface area (Å²) < 4.78 is 5.27. The number of hydrogen-bond donors (Lipinski definition) is 3. The minimum Gasteiger partial charge on any atom is -0.497 e. The number of benzene rings is 2. The summed E-state index contributed by atoms with van der Waals surface area (Å²) in [5, 5.41) is 29.1. The van der Waals surface area contributed by atoms with Crippen molar-refractivity contribution in [2.24, 2.45) is 0 Å². The van der Waals surface area contributed by atoms with Gasteiger partial charge in [0.2, 0.25) is 0 Å². The van der Waals surface area contributed by atoms with Gasteiger partial charge in [0.1, 0.15) is 5.75 Å². The monoisotopic (exact) mass is 373 g/mol. The van der Waals surface area contributed by atoms with Crippen molar-refractivity contribution in [2.45, 2.75) is 25.7 Å². The van der Waals surface area contributed by atoms with Crippen molar-refractivity contribution < 1.29 is 14.8 Å². The first-order chi connectivity index (χ1) is 13.7. The second-order valence-corrected chi connectivity index (χ2v) is 7.25. The van der Waals surface area contributed by atoms with E-state index in [1.165, 1.54) is 23.6 Å². The van der Waals surface area contributed by atoms with Gasteiger partial charge in [0.05, 0.1) is 30.0 Å². The molecular weight excluding hydrogens is 353 g/mol. The molecule has 7 heteroatoms. The van der Waals surface area contributed by atoms with Crippen molar-refractivity contribution in [2.75, 3.05) is 7.11 Å². The van der Waals surface area contributed by atoms with E-state index in [2.05, 4.69) is 10.2 Å². The highest BCUT2D eigenvalue weighted by atomic mass is 16.5. The number of aromatic amines is 1. The van der Waals surface area contributed by atoms with Gasteiger partial charge in [-0.15, -0.1) is 0 Å². The van der Waals surface area contributed by atoms with Crippen LogP contribution in [0.15, 0.2) is 36.5 Å². The maximum Gasteiger partial charge on any atom is 0.492 e. The average molecular weight is 373 g/mol. The number of methoxy groups -OCH3 is 1. The molecule has 0 amide bonds. The minimum atomic E-state index is -1.60. The summed E-state index contributed by atoms with van der Waals surface area (Å²) in [5.74, 6) is 0.452. The Morgan fingerprint density at radius 3 is 2.68 bits per heavy atom. The molecule has 1 aliphatic rings. The second kappa shape index (κ2) is 6.62. The topological polar surface area (TPSA) is 91.3 Å². The van der Waals surface area contributed by atoms with E-state index in [9.17, 15) is 10.0 Å². The largest absolute Gasteiger partial charge is 0.497 e. The Morgan fingerprint density at radius 1 is 1.07 bits per heavy atom. The number of nitrogens with zero attached hydrogens (tertiary/aromatic N) is 2. The number of nitrogens with one attached hydrogen (secondary N) is 1. The van der Waals surface area contributed by atoms with Gasteiger partial charge in [0.15, 0.2) is 0 Å². The molecule has 3 N–H and O–H groups in total. The van der Waals surface area contributed by atoms with Crippen LogP contribution in [0.1, 0.15) is 24.0 Å². The predicted molar refractivity (Wildman–Crippen MR) is 110 cm³/mol. The molecule has 2 heterocycles. The molecule has 4 aromatic rings. The Kier molecular flexibility index (Phi) is 4.07. The van der Waals surface area contributed by atoms with Gasteiger partial charge in [0.25, 0.3) is 0 Å². The maximum absolute atomic E-state index is 9.76. The molecule has 1 aliphatic carbocycles. The zero-order valence-corrected chi connectivity index (χ0v) is 15.6. The van der Waals surface area contributed by atoms with Crippen LogP contribution in [-0.2, 0) is 12.8 Å². The van der Waals surface area contributed by atoms with Crippen LogP contribution in [0, 0.1) is 0 Å². The fraction of sp³-hybridized carbons (Fsp3) is 0.238. The van der Waals surface area contributed by atoms with Crippen molar-refractivity contribution in [3.63, 3.8) is 0 Å². The summed E-state index contributed by atoms with van der Waals surface area (Å²) in [4.78, 5) is 5.00. The molecule has 140 valence electrons. The van der Waals surface area contributed by atoms with Gasteiger partial charge in [0, 0.05) is 21.8 Å². The average Bonchev–Trinajstić information content (AvgIpc) is 3.21. The minimum absolute atomic E-state index is 0.344. The molecule has 28 heavy (non-hydrogen) atoms. The summed E-state index contributed by atoms with van der Waals surface area (Å²) >= 11 is 0. The normalized spacial score (nSPS) is 13.7. The van der Waals surface area contributed by atoms with Crippen LogP contribution < -0.4 is 10.2 Å². The van der Waals surface area contributed by atoms with E-state index in [0.717, 1.165) is 53.4 Å². The Morgan fingerprint density at radius 2 is 1.89 bits per heavy atom. The Hall–Kier alpha value is -2.90. The molecule has 0 fully saturated rings. The SMILES string of the molecule is COc1ccc(-c2nc3ccc4[nH]ncc4c3c3c2CCCC3)cc1B(O)O. The van der Waals surface area contributed by atoms with E-state index in [1.807, 2.05) is 24.4 Å². The molecule has 6 nitrogen and oxygen atoms in total. The van der Waals surface area contributed by atoms with Crippen molar-refractivity contribution in [1.29, 1.82) is 0 Å². The van der Waals surface area contributed by atoms with Crippen LogP contribution in [-0.4, -0.2) is 39.5 Å². The van der Waals surface area contributed by atoms with E-state index < -0.39 is 7.12 Å². The molecule has 2 aromatic carbocycles. The summed E-state index contributed by atoms with van der Waals surface area (Å²) in [5.41, 5.74) is 6.66. The van der Waals surface area contributed by atoms with E-state index in [1.54, 1.807) is 12.1 Å². The first-order valence-electron chi connectivity index (χ1n) is 9.49. The number of aromatic nitrogens is 3. The van der Waals surface area contributed by atoms with Gasteiger partial charge < -0.3 is 14.8 Å². The lowest BCUT2D eigenvalue weighted by Crippen LogP contribution is -2.31. The van der Waals surface area contributed by atoms with E-state index in [4.69, 9.17) is 9.72 Å². The van der Waals surface area contributed by atoms with E-state index in [0.29, 0.717) is 11.2 Å². The summed E-state index contributed by atoms with van der Waals surface area (Å²) in [6.07, 6.45) is 6.13. The molecule has 0 unspecified atom stereocenters. The standard InChI is InChI=1S/C21H20BN3O3/c1-28-19-9-6-12(10-16(19)22(26)27)21-14-5-3-2-4-13(14)20-15-11-23-25-17(15)7-8-18(20)24-21/h6-11,26-27H,2-5H2,1H3,(H,23,25). The highest BCUT2D eigenvalue weighted by Gasteiger charge is 2.23. The molecule has 5 rings (SSSR count). The summed E-state index contributed by atoms with van der Waals surface area (Å²) in [7, 11) is -0.0792. The first-order valence-corrected chi connectivity index (χ1v) is 9.49. The van der Waals surface area contributed by atoms with E-state index >= 15 is 0 Å². The number of ether oxygens (including phenoxy) is 1. The lowest BCUT2D eigenvalue weighted by atomic mass is 9.77. The Labute approximate surface area is 162 Å². The third-order valence-corrected chi connectivity index (χ3v) is 5.67. The molecule has 0 saturated carbocycles. The third kappa shape index (κ3) is 2.58. The van der Waals surface area contributed by atoms with Crippen LogP contribution in [0.2, 0.25) is 0 Å². The zero-order chi connectivity index (χ0) is 19.3. The molecule has 0 aliphatic heterocycles. The van der Waals surface area contributed by atoms with Crippen LogP contribution in [0.4, 0.5) is 0 Å². The number of rotatable bonds is 3. The van der Waals surface area contributed by atoms with Crippen molar-refractivity contribution in [3.05, 3.63) is 47.7 Å². The van der Waals surface area contributed by atoms with Gasteiger partial charge in [-0.05, 0) is 67.1 Å². The lowest BCUT2D eigenvalue weighted by molar-refractivity contribution is 0.403. The van der Waals surface area contributed by atoms with Crippen molar-refractivity contribution >= 4 is 34.4 Å². The van der Waals surface area contributed by atoms with Gasteiger partial charge in [-0.3, -0.25) is 5.10 Å². The van der Waals surface area contributed by atoms with Crippen LogP contribution in [0.25, 0.3) is 33.1 Å². The first kappa shape index (κ1) is 17.2. The van der Waals surface area contributed by atoms with Gasteiger partial charge in [-0.2, -0.15) is 5.10 Å². The van der Waals surface area contributed by atoms with Crippen molar-refractivity contribution in [3.8, 4) is 17.0 Å². The fourth-order valence-corrected chi connectivity index (χ4v) is 4.37. The fourth-order valence-electron chi connectivity index (χ4n) is 4.37. The van der Waals surface area contributed by atoms with Crippen molar-refractivity contribution in [1.82, 2.24) is 15.2 Å². The Bertz CT molecular complexity index is 1200. The third-order valence-electron chi connectivity index (χ3n) is 5.67. The maximum atomic E-state index is 9.76. The number of hydrogen-bond acceptors (Lipinski definition) is 5. The second-order valence-electron chi connectivity index (χ2n) is 7.25. The molecule has 0 saturated heterocycles. The van der Waals surface area contributed by atoms with Gasteiger partial charge in [-0.25, -0.2) is 4.98 Å². The highest BCUT2D eigenvalue weighted by molar-refractivity contribution is 6.59. The quantitative estimate of drug-likeness (QED) is 0.480. The highest BCUT2D eigenvalue weighted by Crippen LogP contribution is 2.37. The summed E-state index contributed by atoms with van der Waals surface area (Å²) in [6, 6.07) is 9.50. The van der Waals surface area contributed by atoms with Gasteiger partial charge in [-0.1, -0.05) is 0 Å². The van der Waals surface area contributed by atoms with Crippen LogP contribution >= 0.6 is 0 Å². The Balaban J connectivity index is 1.81. The number of H-pyrrole nitrogens is 1.